The van der Waals surface area contributed by atoms with Crippen molar-refractivity contribution in [2.24, 2.45) is 5.92 Å². The number of nitrogens with two attached hydrogens (primary N) is 1. The van der Waals surface area contributed by atoms with Crippen LogP contribution < -0.4 is 11.1 Å². The maximum absolute atomic E-state index is 12.7. The number of nitrogen functional groups attached to an aromatic ring is 1. The molecule has 3 N–H and O–H groups in total. The van der Waals surface area contributed by atoms with Gasteiger partial charge in [-0.15, -0.1) is 0 Å². The molecule has 0 aliphatic heterocycles. The van der Waals surface area contributed by atoms with Crippen LogP contribution in [0.1, 0.15) is 26.1 Å². The number of nitrogens with zero attached hydrogens (tertiary/aromatic N) is 3. The van der Waals surface area contributed by atoms with Crippen LogP contribution in [-0.4, -0.2) is 41.5 Å². The van der Waals surface area contributed by atoms with E-state index in [2.05, 4.69) is 29.1 Å². The Morgan fingerprint density at radius 3 is 2.38 bits per heavy atom. The highest BCUT2D eigenvalue weighted by atomic mass is 19.4. The second-order valence-corrected chi connectivity index (χ2v) is 5.73. The molecule has 0 aromatic carbocycles. The second kappa shape index (κ2) is 6.93. The van der Waals surface area contributed by atoms with Gasteiger partial charge < -0.3 is 16.0 Å². The van der Waals surface area contributed by atoms with Gasteiger partial charge in [0.15, 0.2) is 0 Å². The van der Waals surface area contributed by atoms with E-state index in [1.165, 1.54) is 6.07 Å². The Balaban J connectivity index is 2.95. The molecule has 21 heavy (non-hydrogen) atoms. The quantitative estimate of drug-likeness (QED) is 0.845. The Morgan fingerprint density at radius 1 is 1.29 bits per heavy atom. The summed E-state index contributed by atoms with van der Waals surface area (Å²) >= 11 is 0. The molecule has 1 atom stereocenters. The number of aromatic nitrogens is 2. The molecule has 1 aromatic heterocycles. The highest BCUT2D eigenvalue weighted by Crippen LogP contribution is 2.28. The van der Waals surface area contributed by atoms with E-state index < -0.39 is 12.0 Å². The lowest BCUT2D eigenvalue weighted by molar-refractivity contribution is -0.144. The molecule has 1 aromatic rings. The first-order chi connectivity index (χ1) is 9.57. The van der Waals surface area contributed by atoms with E-state index >= 15 is 0 Å². The first kappa shape index (κ1) is 17.5. The highest BCUT2D eigenvalue weighted by molar-refractivity contribution is 5.45. The number of hydrogen-bond donors (Lipinski definition) is 2. The van der Waals surface area contributed by atoms with E-state index in [9.17, 15) is 13.2 Å². The predicted molar refractivity (Wildman–Crippen MR) is 76.9 cm³/mol. The average molecular weight is 305 g/mol. The molecule has 8 heteroatoms. The zero-order valence-corrected chi connectivity index (χ0v) is 12.7. The Labute approximate surface area is 122 Å². The minimum atomic E-state index is -4.61. The molecule has 120 valence electrons. The third-order valence-corrected chi connectivity index (χ3v) is 2.69. The average Bonchev–Trinajstić information content (AvgIpc) is 2.24. The van der Waals surface area contributed by atoms with E-state index in [4.69, 9.17) is 5.73 Å². The van der Waals surface area contributed by atoms with Gasteiger partial charge >= 0.3 is 6.18 Å². The van der Waals surface area contributed by atoms with Crippen LogP contribution in [0.15, 0.2) is 6.07 Å². The van der Waals surface area contributed by atoms with Gasteiger partial charge in [-0.1, -0.05) is 13.8 Å². The first-order valence-corrected chi connectivity index (χ1v) is 6.71. The zero-order valence-electron chi connectivity index (χ0n) is 12.7. The summed E-state index contributed by atoms with van der Waals surface area (Å²) in [5.74, 6) is -0.919. The van der Waals surface area contributed by atoms with Crippen molar-refractivity contribution in [3.05, 3.63) is 11.9 Å². The van der Waals surface area contributed by atoms with Crippen molar-refractivity contribution in [2.75, 3.05) is 31.7 Å². The topological polar surface area (TPSA) is 67.1 Å². The van der Waals surface area contributed by atoms with Gasteiger partial charge in [0.2, 0.25) is 5.82 Å². The van der Waals surface area contributed by atoms with Crippen LogP contribution in [-0.2, 0) is 6.18 Å². The van der Waals surface area contributed by atoms with Crippen LogP contribution in [0.4, 0.5) is 24.8 Å². The van der Waals surface area contributed by atoms with Crippen LogP contribution in [0.3, 0.4) is 0 Å². The fourth-order valence-electron chi connectivity index (χ4n) is 2.06. The molecule has 0 amide bonds. The minimum absolute atomic E-state index is 0.0182. The molecule has 0 radical (unpaired) electrons. The maximum atomic E-state index is 12.7. The van der Waals surface area contributed by atoms with Crippen LogP contribution in [0.2, 0.25) is 0 Å². The summed E-state index contributed by atoms with van der Waals surface area (Å²) in [6.45, 7) is 4.79. The minimum Gasteiger partial charge on any atom is -0.384 e. The largest absolute Gasteiger partial charge is 0.451 e. The Hall–Kier alpha value is -1.57. The van der Waals surface area contributed by atoms with Gasteiger partial charge in [0.25, 0.3) is 0 Å². The maximum Gasteiger partial charge on any atom is 0.451 e. The lowest BCUT2D eigenvalue weighted by Crippen LogP contribution is -2.34. The van der Waals surface area contributed by atoms with Gasteiger partial charge in [-0.05, 0) is 26.4 Å². The molecule has 5 nitrogen and oxygen atoms in total. The molecule has 0 saturated carbocycles. The van der Waals surface area contributed by atoms with E-state index in [1.54, 1.807) is 0 Å². The molecular weight excluding hydrogens is 283 g/mol. The van der Waals surface area contributed by atoms with E-state index in [0.29, 0.717) is 12.5 Å². The number of hydrogen-bond acceptors (Lipinski definition) is 5. The molecule has 1 unspecified atom stereocenters. The van der Waals surface area contributed by atoms with Crippen molar-refractivity contribution >= 4 is 11.6 Å². The van der Waals surface area contributed by atoms with Gasteiger partial charge in [-0.25, -0.2) is 9.97 Å². The van der Waals surface area contributed by atoms with Crippen molar-refractivity contribution in [2.45, 2.75) is 32.5 Å². The van der Waals surface area contributed by atoms with Gasteiger partial charge in [0.1, 0.15) is 11.6 Å². The van der Waals surface area contributed by atoms with Crippen LogP contribution >= 0.6 is 0 Å². The fraction of sp³-hybridized carbons (Fsp3) is 0.692. The molecule has 0 aliphatic carbocycles. The summed E-state index contributed by atoms with van der Waals surface area (Å²) < 4.78 is 38.1. The summed E-state index contributed by atoms with van der Waals surface area (Å²) in [5.41, 5.74) is 5.43. The smallest absolute Gasteiger partial charge is 0.384 e. The second-order valence-electron chi connectivity index (χ2n) is 5.73. The number of nitrogens with one attached hydrogen (secondary N) is 1. The SMILES string of the molecule is CC(C)CC(CN(C)C)Nc1cc(N)nc(C(F)(F)F)n1. The summed E-state index contributed by atoms with van der Waals surface area (Å²) in [6, 6.07) is 1.30. The van der Waals surface area contributed by atoms with Crippen LogP contribution in [0, 0.1) is 5.92 Å². The Kier molecular flexibility index (Phi) is 5.77. The first-order valence-electron chi connectivity index (χ1n) is 6.71. The lowest BCUT2D eigenvalue weighted by Gasteiger charge is -2.24. The molecular formula is C13H22F3N5. The number of anilines is 2. The van der Waals surface area contributed by atoms with Crippen molar-refractivity contribution in [1.29, 1.82) is 0 Å². The predicted octanol–water partition coefficient (Wildman–Crippen LogP) is 2.47. The van der Waals surface area contributed by atoms with Gasteiger partial charge in [-0.3, -0.25) is 0 Å². The summed E-state index contributed by atoms with van der Waals surface area (Å²) in [7, 11) is 3.81. The van der Waals surface area contributed by atoms with E-state index in [0.717, 1.165) is 6.42 Å². The molecule has 0 aliphatic rings. The monoisotopic (exact) mass is 305 g/mol. The van der Waals surface area contributed by atoms with Crippen molar-refractivity contribution < 1.29 is 13.2 Å². The van der Waals surface area contributed by atoms with Crippen LogP contribution in [0.5, 0.6) is 0 Å². The third-order valence-electron chi connectivity index (χ3n) is 2.69. The van der Waals surface area contributed by atoms with Crippen molar-refractivity contribution in [1.82, 2.24) is 14.9 Å². The molecule has 0 saturated heterocycles. The van der Waals surface area contributed by atoms with Gasteiger partial charge in [0, 0.05) is 18.7 Å². The molecule has 0 fully saturated rings. The lowest BCUT2D eigenvalue weighted by atomic mass is 10.0. The van der Waals surface area contributed by atoms with E-state index in [1.807, 2.05) is 19.0 Å². The zero-order chi connectivity index (χ0) is 16.2. The van der Waals surface area contributed by atoms with Crippen molar-refractivity contribution in [3.63, 3.8) is 0 Å². The molecule has 1 heterocycles. The normalized spacial score (nSPS) is 13.8. The third kappa shape index (κ3) is 6.16. The van der Waals surface area contributed by atoms with Crippen LogP contribution in [0.25, 0.3) is 0 Å². The van der Waals surface area contributed by atoms with E-state index in [-0.39, 0.29) is 17.7 Å². The fourth-order valence-corrected chi connectivity index (χ4v) is 2.06. The number of rotatable bonds is 6. The summed E-state index contributed by atoms with van der Waals surface area (Å²) in [4.78, 5) is 8.71. The molecule has 0 spiro atoms. The highest BCUT2D eigenvalue weighted by Gasteiger charge is 2.35. The Bertz CT molecular complexity index is 450. The molecule has 0 bridgehead atoms. The Morgan fingerprint density at radius 2 is 1.90 bits per heavy atom. The standard InChI is InChI=1S/C13H22F3N5/c1-8(2)5-9(7-21(3)4)18-11-6-10(17)19-12(20-11)13(14,15)16/h6,8-9H,5,7H2,1-4H3,(H3,17,18,19,20). The van der Waals surface area contributed by atoms with Gasteiger partial charge in [-0.2, -0.15) is 13.2 Å². The van der Waals surface area contributed by atoms with Gasteiger partial charge in [0.05, 0.1) is 0 Å². The molecule has 1 rings (SSSR count). The summed E-state index contributed by atoms with van der Waals surface area (Å²) in [6.07, 6.45) is -3.80. The number of halogens is 3. The summed E-state index contributed by atoms with van der Waals surface area (Å²) in [5, 5.41) is 3.02. The van der Waals surface area contributed by atoms with Crippen molar-refractivity contribution in [3.8, 4) is 0 Å². The number of alkyl halides is 3. The number of likely N-dealkylation sites (N-methyl/N-ethyl adjacent to an activating group) is 1.